The molecule has 3 aromatic carbocycles. The molecular weight excluding hydrogens is 354 g/mol. The standard InChI is InChI=1S/C20H16F2N2O3/c1-23-15-8-12-13(9-16(15)24(2)20(23,21)22)18(11-6-4-3-5-7-11)14(19(26)27)10-17(12)25/h3-10,25H,1-2H3,(H,26,27). The summed E-state index contributed by atoms with van der Waals surface area (Å²) in [7, 11) is 2.55. The predicted octanol–water partition coefficient (Wildman–Crippen LogP) is 4.35. The first-order chi connectivity index (χ1) is 12.7. The van der Waals surface area contributed by atoms with Gasteiger partial charge in [-0.05, 0) is 29.1 Å². The highest BCUT2D eigenvalue weighted by Gasteiger charge is 2.48. The molecule has 7 heteroatoms. The van der Waals surface area contributed by atoms with Gasteiger partial charge in [-0.3, -0.25) is 9.80 Å². The van der Waals surface area contributed by atoms with Gasteiger partial charge in [0.2, 0.25) is 0 Å². The van der Waals surface area contributed by atoms with E-state index in [2.05, 4.69) is 0 Å². The molecule has 138 valence electrons. The van der Waals surface area contributed by atoms with Gasteiger partial charge in [0.25, 0.3) is 0 Å². The summed E-state index contributed by atoms with van der Waals surface area (Å²) in [4.78, 5) is 13.5. The highest BCUT2D eigenvalue weighted by Crippen LogP contribution is 2.49. The Morgan fingerprint density at radius 2 is 1.52 bits per heavy atom. The smallest absolute Gasteiger partial charge is 0.413 e. The lowest BCUT2D eigenvalue weighted by Gasteiger charge is -2.26. The third-order valence-electron chi connectivity index (χ3n) is 5.03. The Kier molecular flexibility index (Phi) is 3.53. The molecule has 0 amide bonds. The zero-order chi connectivity index (χ0) is 19.5. The molecule has 3 aromatic rings. The Morgan fingerprint density at radius 1 is 0.963 bits per heavy atom. The van der Waals surface area contributed by atoms with Crippen molar-refractivity contribution in [3.05, 3.63) is 54.1 Å². The lowest BCUT2D eigenvalue weighted by Crippen LogP contribution is -2.46. The molecule has 2 N–H and O–H groups in total. The fraction of sp³-hybridized carbons (Fsp3) is 0.150. The summed E-state index contributed by atoms with van der Waals surface area (Å²) < 4.78 is 28.8. The van der Waals surface area contributed by atoms with Gasteiger partial charge in [0.1, 0.15) is 5.75 Å². The van der Waals surface area contributed by atoms with Crippen LogP contribution in [0.5, 0.6) is 5.75 Å². The number of nitrogens with zero attached hydrogens (tertiary/aromatic N) is 2. The molecule has 1 aliphatic rings. The van der Waals surface area contributed by atoms with Crippen LogP contribution in [0.3, 0.4) is 0 Å². The second-order valence-corrected chi connectivity index (χ2v) is 6.50. The number of carboxylic acid groups (broad SMARTS) is 1. The Bertz CT molecular complexity index is 1080. The van der Waals surface area contributed by atoms with E-state index in [1.807, 2.05) is 0 Å². The topological polar surface area (TPSA) is 64.0 Å². The predicted molar refractivity (Wildman–Crippen MR) is 99.8 cm³/mol. The summed E-state index contributed by atoms with van der Waals surface area (Å²) in [6.45, 7) is 0. The average Bonchev–Trinajstić information content (AvgIpc) is 2.81. The van der Waals surface area contributed by atoms with E-state index in [0.717, 1.165) is 15.9 Å². The molecule has 0 spiro atoms. The molecule has 27 heavy (non-hydrogen) atoms. The van der Waals surface area contributed by atoms with E-state index in [9.17, 15) is 23.8 Å². The second-order valence-electron chi connectivity index (χ2n) is 6.50. The molecular formula is C20H16F2N2O3. The van der Waals surface area contributed by atoms with Crippen LogP contribution in [0.25, 0.3) is 21.9 Å². The monoisotopic (exact) mass is 370 g/mol. The van der Waals surface area contributed by atoms with Crippen molar-refractivity contribution in [2.75, 3.05) is 23.9 Å². The molecule has 0 bridgehead atoms. The number of anilines is 2. The first-order valence-electron chi connectivity index (χ1n) is 8.21. The summed E-state index contributed by atoms with van der Waals surface area (Å²) in [5, 5.41) is 20.7. The second kappa shape index (κ2) is 5.57. The van der Waals surface area contributed by atoms with E-state index in [1.165, 1.54) is 26.2 Å². The normalized spacial score (nSPS) is 15.3. The molecule has 0 radical (unpaired) electrons. The first-order valence-corrected chi connectivity index (χ1v) is 8.21. The number of rotatable bonds is 2. The lowest BCUT2D eigenvalue weighted by molar-refractivity contribution is 0.0122. The number of alkyl halides is 2. The maximum Gasteiger partial charge on any atom is 0.413 e. The van der Waals surface area contributed by atoms with E-state index in [-0.39, 0.29) is 22.7 Å². The Hall–Kier alpha value is -3.35. The molecule has 0 atom stereocenters. The van der Waals surface area contributed by atoms with Gasteiger partial charge in [0, 0.05) is 25.0 Å². The number of hydrogen-bond donors (Lipinski definition) is 2. The molecule has 0 aliphatic carbocycles. The Morgan fingerprint density at radius 3 is 2.07 bits per heavy atom. The van der Waals surface area contributed by atoms with Gasteiger partial charge in [-0.15, -0.1) is 0 Å². The van der Waals surface area contributed by atoms with Crippen molar-refractivity contribution in [1.29, 1.82) is 0 Å². The Labute approximate surface area is 153 Å². The number of hydrogen-bond acceptors (Lipinski definition) is 4. The molecule has 1 heterocycles. The third-order valence-corrected chi connectivity index (χ3v) is 5.03. The van der Waals surface area contributed by atoms with E-state index in [4.69, 9.17) is 0 Å². The number of phenols is 1. The van der Waals surface area contributed by atoms with Gasteiger partial charge in [-0.1, -0.05) is 30.3 Å². The van der Waals surface area contributed by atoms with Crippen LogP contribution in [0.2, 0.25) is 0 Å². The van der Waals surface area contributed by atoms with Crippen molar-refractivity contribution >= 4 is 28.1 Å². The molecule has 0 saturated carbocycles. The van der Waals surface area contributed by atoms with Gasteiger partial charge < -0.3 is 10.2 Å². The van der Waals surface area contributed by atoms with Crippen molar-refractivity contribution in [3.63, 3.8) is 0 Å². The van der Waals surface area contributed by atoms with E-state index in [0.29, 0.717) is 21.9 Å². The molecule has 4 rings (SSSR count). The van der Waals surface area contributed by atoms with Crippen molar-refractivity contribution in [2.45, 2.75) is 6.17 Å². The van der Waals surface area contributed by atoms with Crippen LogP contribution in [0.15, 0.2) is 48.5 Å². The summed E-state index contributed by atoms with van der Waals surface area (Å²) in [6.07, 6.45) is -3.22. The lowest BCUT2D eigenvalue weighted by atomic mass is 9.92. The van der Waals surface area contributed by atoms with Crippen LogP contribution in [0.1, 0.15) is 10.4 Å². The molecule has 1 aliphatic heterocycles. The summed E-state index contributed by atoms with van der Waals surface area (Å²) in [5.41, 5.74) is 1.43. The van der Waals surface area contributed by atoms with Gasteiger partial charge in [0.15, 0.2) is 0 Å². The zero-order valence-corrected chi connectivity index (χ0v) is 14.6. The maximum absolute atomic E-state index is 14.4. The number of halogens is 2. The number of fused-ring (bicyclic) bond motifs is 2. The number of aromatic hydroxyl groups is 1. The maximum atomic E-state index is 14.4. The molecule has 5 nitrogen and oxygen atoms in total. The van der Waals surface area contributed by atoms with E-state index >= 15 is 0 Å². The number of benzene rings is 3. The Balaban J connectivity index is 2.13. The van der Waals surface area contributed by atoms with Crippen LogP contribution in [-0.4, -0.2) is 36.4 Å². The first kappa shape index (κ1) is 17.1. The largest absolute Gasteiger partial charge is 0.507 e. The minimum Gasteiger partial charge on any atom is -0.507 e. The van der Waals surface area contributed by atoms with Crippen LogP contribution in [0.4, 0.5) is 20.2 Å². The molecule has 0 aromatic heterocycles. The fourth-order valence-corrected chi connectivity index (χ4v) is 3.56. The molecule has 0 saturated heterocycles. The van der Waals surface area contributed by atoms with E-state index in [1.54, 1.807) is 30.3 Å². The van der Waals surface area contributed by atoms with Crippen LogP contribution in [0, 0.1) is 0 Å². The molecule has 0 fully saturated rings. The highest BCUT2D eigenvalue weighted by molar-refractivity contribution is 6.12. The number of carboxylic acids is 1. The van der Waals surface area contributed by atoms with Crippen LogP contribution >= 0.6 is 0 Å². The zero-order valence-electron chi connectivity index (χ0n) is 14.6. The van der Waals surface area contributed by atoms with Crippen LogP contribution < -0.4 is 9.80 Å². The summed E-state index contributed by atoms with van der Waals surface area (Å²) >= 11 is 0. The van der Waals surface area contributed by atoms with Crippen molar-refractivity contribution in [1.82, 2.24) is 0 Å². The van der Waals surface area contributed by atoms with Gasteiger partial charge >= 0.3 is 12.1 Å². The number of aromatic carboxylic acids is 1. The van der Waals surface area contributed by atoms with Gasteiger partial charge in [-0.25, -0.2) is 4.79 Å². The van der Waals surface area contributed by atoms with Crippen LogP contribution in [-0.2, 0) is 0 Å². The number of carbonyl (C=O) groups is 1. The minimum absolute atomic E-state index is 0.0908. The fourth-order valence-electron chi connectivity index (χ4n) is 3.56. The van der Waals surface area contributed by atoms with Crippen molar-refractivity contribution in [2.24, 2.45) is 0 Å². The average molecular weight is 370 g/mol. The summed E-state index contributed by atoms with van der Waals surface area (Å²) in [5.74, 6) is -1.47. The highest BCUT2D eigenvalue weighted by atomic mass is 19.3. The summed E-state index contributed by atoms with van der Waals surface area (Å²) in [6, 6.07) is 13.0. The van der Waals surface area contributed by atoms with Gasteiger partial charge in [-0.2, -0.15) is 8.78 Å². The third kappa shape index (κ3) is 2.31. The van der Waals surface area contributed by atoms with Crippen molar-refractivity contribution in [3.8, 4) is 16.9 Å². The molecule has 0 unspecified atom stereocenters. The van der Waals surface area contributed by atoms with Crippen molar-refractivity contribution < 1.29 is 23.8 Å². The quantitative estimate of drug-likeness (QED) is 0.657. The number of phenolic OH excluding ortho intramolecular Hbond substituents is 1. The van der Waals surface area contributed by atoms with Gasteiger partial charge in [0.05, 0.1) is 16.9 Å². The minimum atomic E-state index is -3.22. The SMILES string of the molecule is CN1c2cc3c(O)cc(C(=O)O)c(-c4ccccc4)c3cc2N(C)C1(F)F. The van der Waals surface area contributed by atoms with E-state index < -0.39 is 12.1 Å².